The van der Waals surface area contributed by atoms with Gasteiger partial charge in [-0.2, -0.15) is 22.9 Å². The van der Waals surface area contributed by atoms with E-state index in [0.717, 1.165) is 22.4 Å². The van der Waals surface area contributed by atoms with Gasteiger partial charge < -0.3 is 10.1 Å². The van der Waals surface area contributed by atoms with Crippen LogP contribution in [0, 0.1) is 6.92 Å². The van der Waals surface area contributed by atoms with Crippen LogP contribution < -0.4 is 15.6 Å². The van der Waals surface area contributed by atoms with Gasteiger partial charge in [-0.05, 0) is 60.5 Å². The lowest BCUT2D eigenvalue weighted by molar-refractivity contribution is -0.137. The van der Waals surface area contributed by atoms with Crippen LogP contribution in [0.15, 0.2) is 94.8 Å². The van der Waals surface area contributed by atoms with Crippen LogP contribution in [0.2, 0.25) is 10.0 Å². The maximum atomic E-state index is 13.4. The Morgan fingerprint density at radius 3 is 2.42 bits per heavy atom. The fraction of sp³-hybridized carbons (Fsp3) is 0.0968. The summed E-state index contributed by atoms with van der Waals surface area (Å²) in [5.74, 6) is -0.449. The maximum Gasteiger partial charge on any atom is 0.416 e. The molecule has 0 saturated carbocycles. The minimum absolute atomic E-state index is 0.0404. The molecule has 0 bridgehead atoms. The number of carbonyl (C=O) groups excluding carboxylic acids is 1. The maximum absolute atomic E-state index is 13.4. The minimum Gasteiger partial charge on any atom is -0.481 e. The molecule has 0 fully saturated rings. The Morgan fingerprint density at radius 2 is 1.70 bits per heavy atom. The summed E-state index contributed by atoms with van der Waals surface area (Å²) in [5, 5.41) is 7.35. The minimum atomic E-state index is -4.60. The van der Waals surface area contributed by atoms with E-state index in [-0.39, 0.29) is 39.2 Å². The topological polar surface area (TPSA) is 85.6 Å². The summed E-state index contributed by atoms with van der Waals surface area (Å²) in [7, 11) is 0. The molecule has 0 atom stereocenters. The molecule has 0 unspecified atom stereocenters. The first-order valence-corrected chi connectivity index (χ1v) is 13.5. The van der Waals surface area contributed by atoms with Crippen molar-refractivity contribution in [1.29, 1.82) is 0 Å². The van der Waals surface area contributed by atoms with Crippen molar-refractivity contribution < 1.29 is 22.7 Å². The molecule has 5 aromatic rings. The summed E-state index contributed by atoms with van der Waals surface area (Å²) in [4.78, 5) is 30.2. The van der Waals surface area contributed by atoms with Gasteiger partial charge in [0.25, 0.3) is 11.5 Å². The molecule has 0 aliphatic rings. The molecular formula is C31H21Cl2F3N4O3. The summed E-state index contributed by atoms with van der Waals surface area (Å²) in [6.07, 6.45) is -3.33. The Hall–Kier alpha value is -4.67. The van der Waals surface area contributed by atoms with Crippen LogP contribution in [0.5, 0.6) is 5.75 Å². The van der Waals surface area contributed by atoms with Crippen LogP contribution in [0.3, 0.4) is 0 Å². The quantitative estimate of drug-likeness (QED) is 0.189. The predicted molar refractivity (Wildman–Crippen MR) is 161 cm³/mol. The van der Waals surface area contributed by atoms with E-state index >= 15 is 0 Å². The third-order valence-electron chi connectivity index (χ3n) is 6.31. The molecule has 0 radical (unpaired) electrons. The van der Waals surface area contributed by atoms with Gasteiger partial charge in [0.2, 0.25) is 0 Å². The van der Waals surface area contributed by atoms with E-state index in [1.807, 2.05) is 19.1 Å². The van der Waals surface area contributed by atoms with Crippen molar-refractivity contribution in [3.05, 3.63) is 122 Å². The van der Waals surface area contributed by atoms with Crippen molar-refractivity contribution in [2.75, 3.05) is 11.9 Å². The van der Waals surface area contributed by atoms with Gasteiger partial charge in [-0.25, -0.2) is 4.98 Å². The average Bonchev–Trinajstić information content (AvgIpc) is 2.97. The van der Waals surface area contributed by atoms with Crippen LogP contribution >= 0.6 is 23.2 Å². The average molecular weight is 625 g/mol. The van der Waals surface area contributed by atoms with Gasteiger partial charge in [-0.3, -0.25) is 9.59 Å². The summed E-state index contributed by atoms with van der Waals surface area (Å²) >= 11 is 12.8. The number of nitrogens with one attached hydrogen (secondary N) is 1. The molecule has 12 heteroatoms. The molecule has 4 aromatic carbocycles. The number of amides is 1. The fourth-order valence-corrected chi connectivity index (χ4v) is 4.82. The molecule has 0 aliphatic heterocycles. The highest BCUT2D eigenvalue weighted by atomic mass is 35.5. The molecule has 1 N–H and O–H groups in total. The van der Waals surface area contributed by atoms with Crippen LogP contribution in [-0.2, 0) is 11.0 Å². The van der Waals surface area contributed by atoms with Gasteiger partial charge in [-0.1, -0.05) is 65.7 Å². The molecule has 0 saturated heterocycles. The van der Waals surface area contributed by atoms with Crippen molar-refractivity contribution in [2.24, 2.45) is 5.10 Å². The molecule has 1 aromatic heterocycles. The zero-order valence-electron chi connectivity index (χ0n) is 22.3. The molecular weight excluding hydrogens is 604 g/mol. The molecule has 0 aliphatic carbocycles. The number of para-hydroxylation sites is 2. The first-order valence-electron chi connectivity index (χ1n) is 12.7. The first kappa shape index (κ1) is 29.8. The van der Waals surface area contributed by atoms with Gasteiger partial charge >= 0.3 is 6.18 Å². The number of alkyl halides is 3. The molecule has 5 rings (SSSR count). The Bertz CT molecular complexity index is 1920. The van der Waals surface area contributed by atoms with E-state index < -0.39 is 23.2 Å². The van der Waals surface area contributed by atoms with Crippen molar-refractivity contribution in [1.82, 2.24) is 9.66 Å². The number of aromatic nitrogens is 2. The van der Waals surface area contributed by atoms with Crippen molar-refractivity contribution in [3.63, 3.8) is 0 Å². The smallest absolute Gasteiger partial charge is 0.416 e. The fourth-order valence-electron chi connectivity index (χ4n) is 4.21. The molecule has 218 valence electrons. The first-order chi connectivity index (χ1) is 20.5. The number of ether oxygens (including phenoxy) is 1. The summed E-state index contributed by atoms with van der Waals surface area (Å²) in [5.41, 5.74) is 0.719. The molecule has 7 nitrogen and oxygen atoms in total. The lowest BCUT2D eigenvalue weighted by Gasteiger charge is -2.13. The highest BCUT2D eigenvalue weighted by Gasteiger charge is 2.31. The summed E-state index contributed by atoms with van der Waals surface area (Å²) in [6, 6.07) is 21.1. The summed E-state index contributed by atoms with van der Waals surface area (Å²) in [6.45, 7) is 1.49. The third-order valence-corrected chi connectivity index (χ3v) is 6.87. The highest BCUT2D eigenvalue weighted by molar-refractivity contribution is 6.37. The number of hydrogen-bond acceptors (Lipinski definition) is 5. The third kappa shape index (κ3) is 6.71. The van der Waals surface area contributed by atoms with Crippen LogP contribution in [-0.4, -0.2) is 28.4 Å². The Labute approximate surface area is 253 Å². The lowest BCUT2D eigenvalue weighted by Crippen LogP contribution is -2.21. The number of halogens is 5. The lowest BCUT2D eigenvalue weighted by atomic mass is 10.1. The SMILES string of the molecule is Cc1ccccc1NC(=O)COc1c(Cl)cc(C=Nn2c(-c3cccc(C(F)(F)F)c3)nc3ccccc3c2=O)cc1Cl. The largest absolute Gasteiger partial charge is 0.481 e. The van der Waals surface area contributed by atoms with Crippen molar-refractivity contribution in [3.8, 4) is 17.1 Å². The second-order valence-electron chi connectivity index (χ2n) is 9.36. The van der Waals surface area contributed by atoms with Gasteiger partial charge in [0.15, 0.2) is 18.2 Å². The monoisotopic (exact) mass is 624 g/mol. The van der Waals surface area contributed by atoms with Gasteiger partial charge in [-0.15, -0.1) is 0 Å². The number of hydrogen-bond donors (Lipinski definition) is 1. The van der Waals surface area contributed by atoms with Gasteiger partial charge in [0.1, 0.15) is 0 Å². The molecule has 43 heavy (non-hydrogen) atoms. The Morgan fingerprint density at radius 1 is 1.00 bits per heavy atom. The number of fused-ring (bicyclic) bond motifs is 1. The van der Waals surface area contributed by atoms with Crippen molar-refractivity contribution >= 4 is 51.9 Å². The Balaban J connectivity index is 1.45. The number of carbonyl (C=O) groups is 1. The number of aryl methyl sites for hydroxylation is 1. The second-order valence-corrected chi connectivity index (χ2v) is 10.2. The van der Waals surface area contributed by atoms with Gasteiger partial charge in [0, 0.05) is 11.3 Å². The van der Waals surface area contributed by atoms with Crippen molar-refractivity contribution in [2.45, 2.75) is 13.1 Å². The zero-order chi connectivity index (χ0) is 30.7. The van der Waals surface area contributed by atoms with E-state index in [9.17, 15) is 22.8 Å². The number of rotatable bonds is 7. The standard InChI is InChI=1S/C31H21Cl2F3N4O3/c1-18-7-2-4-11-25(18)38-27(41)17-43-28-23(32)13-19(14-24(28)33)16-37-40-29(20-8-6-9-21(15-20)31(34,35)36)39-26-12-5-3-10-22(26)30(40)42/h2-16H,17H2,1H3,(H,38,41). The van der Waals surface area contributed by atoms with Gasteiger partial charge in [0.05, 0.1) is 32.7 Å². The number of nitrogens with zero attached hydrogens (tertiary/aromatic N) is 3. The second kappa shape index (κ2) is 12.3. The van der Waals surface area contributed by atoms with E-state index in [1.54, 1.807) is 36.4 Å². The molecule has 0 spiro atoms. The van der Waals surface area contributed by atoms with Crippen LogP contribution in [0.25, 0.3) is 22.3 Å². The zero-order valence-corrected chi connectivity index (χ0v) is 23.8. The predicted octanol–water partition coefficient (Wildman–Crippen LogP) is 7.60. The van der Waals surface area contributed by atoms with Crippen LogP contribution in [0.1, 0.15) is 16.7 Å². The van der Waals surface area contributed by atoms with Crippen LogP contribution in [0.4, 0.5) is 18.9 Å². The normalized spacial score (nSPS) is 11.7. The van der Waals surface area contributed by atoms with E-state index in [2.05, 4.69) is 15.4 Å². The number of benzene rings is 4. The van der Waals surface area contributed by atoms with E-state index in [0.29, 0.717) is 16.8 Å². The van der Waals surface area contributed by atoms with E-state index in [4.69, 9.17) is 27.9 Å². The Kier molecular flexibility index (Phi) is 8.52. The molecule has 1 heterocycles. The van der Waals surface area contributed by atoms with E-state index in [1.165, 1.54) is 30.5 Å². The molecule has 1 amide bonds. The highest BCUT2D eigenvalue weighted by Crippen LogP contribution is 2.34. The summed E-state index contributed by atoms with van der Waals surface area (Å²) < 4.78 is 46.8. The number of anilines is 1.